The van der Waals surface area contributed by atoms with Gasteiger partial charge in [-0.2, -0.15) is 0 Å². The van der Waals surface area contributed by atoms with Gasteiger partial charge in [-0.25, -0.2) is 4.79 Å². The van der Waals surface area contributed by atoms with E-state index in [0.717, 1.165) is 37.2 Å². The SMILES string of the molecule is CCN(CC)CCn1c(=O)n(C)c2ccccc21.[O-][Cl+](O)(O)O. The molecule has 0 spiro atoms. The first-order valence-electron chi connectivity index (χ1n) is 7.21. The number of fused-ring (bicyclic) bond motifs is 1. The molecular weight excluding hydrogens is 326 g/mol. The molecular formula is C14H24ClN3O5. The zero-order valence-corrected chi connectivity index (χ0v) is 14.3. The molecule has 0 radical (unpaired) electrons. The fraction of sp³-hybridized carbons (Fsp3) is 0.500. The number of aromatic nitrogens is 2. The van der Waals surface area contributed by atoms with Crippen LogP contribution in [0.4, 0.5) is 0 Å². The number of aryl methyl sites for hydroxylation is 1. The maximum atomic E-state index is 12.2. The van der Waals surface area contributed by atoms with Crippen molar-refractivity contribution in [3.05, 3.63) is 34.7 Å². The van der Waals surface area contributed by atoms with Crippen molar-refractivity contribution in [3.63, 3.8) is 0 Å². The molecule has 2 rings (SSSR count). The van der Waals surface area contributed by atoms with Crippen molar-refractivity contribution in [2.24, 2.45) is 7.05 Å². The molecule has 0 saturated carbocycles. The molecule has 0 aliphatic rings. The average molecular weight is 350 g/mol. The van der Waals surface area contributed by atoms with E-state index < -0.39 is 10.2 Å². The molecule has 9 heteroatoms. The molecule has 0 amide bonds. The Balaban J connectivity index is 0.000000463. The van der Waals surface area contributed by atoms with E-state index in [2.05, 4.69) is 18.7 Å². The summed E-state index contributed by atoms with van der Waals surface area (Å²) in [6, 6.07) is 7.95. The first kappa shape index (κ1) is 19.6. The summed E-state index contributed by atoms with van der Waals surface area (Å²) in [4.78, 5) is 14.5. The molecule has 0 aliphatic carbocycles. The Morgan fingerprint density at radius 2 is 1.61 bits per heavy atom. The van der Waals surface area contributed by atoms with Gasteiger partial charge in [-0.05, 0) is 25.2 Å². The number of nitrogens with zero attached hydrogens (tertiary/aromatic N) is 3. The Labute approximate surface area is 136 Å². The van der Waals surface area contributed by atoms with Crippen LogP contribution in [0, 0.1) is 10.2 Å². The summed E-state index contributed by atoms with van der Waals surface area (Å²) in [5.41, 5.74) is 2.10. The van der Waals surface area contributed by atoms with Crippen molar-refractivity contribution in [1.29, 1.82) is 0 Å². The van der Waals surface area contributed by atoms with E-state index in [0.29, 0.717) is 0 Å². The number of benzene rings is 1. The standard InChI is InChI=1S/C14H21N3O.ClH3O4/c1-4-16(5-2)10-11-17-13-9-7-6-8-12(13)15(3)14(17)18;2-1(3,4)5/h6-9H,4-5,10-11H2,1-3H3;2-4H. The Morgan fingerprint density at radius 1 is 1.13 bits per heavy atom. The van der Waals surface area contributed by atoms with Gasteiger partial charge in [0.2, 0.25) is 0 Å². The second-order valence-electron chi connectivity index (χ2n) is 4.94. The van der Waals surface area contributed by atoms with Gasteiger partial charge < -0.3 is 4.90 Å². The summed E-state index contributed by atoms with van der Waals surface area (Å²) in [5.74, 6) is 0. The molecule has 8 nitrogen and oxygen atoms in total. The zero-order chi connectivity index (χ0) is 17.6. The molecule has 0 fully saturated rings. The molecule has 0 bridgehead atoms. The van der Waals surface area contributed by atoms with Gasteiger partial charge >= 0.3 is 34.6 Å². The minimum absolute atomic E-state index is 0.0726. The van der Waals surface area contributed by atoms with Crippen molar-refractivity contribution in [1.82, 2.24) is 14.0 Å². The number of para-hydroxylation sites is 2. The molecule has 0 unspecified atom stereocenters. The average Bonchev–Trinajstić information content (AvgIpc) is 2.72. The van der Waals surface area contributed by atoms with Crippen molar-refractivity contribution < 1.29 is 28.9 Å². The molecule has 23 heavy (non-hydrogen) atoms. The quantitative estimate of drug-likeness (QED) is 0.626. The first-order chi connectivity index (χ1) is 10.7. The van der Waals surface area contributed by atoms with Crippen molar-refractivity contribution in [2.75, 3.05) is 19.6 Å². The van der Waals surface area contributed by atoms with E-state index >= 15 is 0 Å². The van der Waals surface area contributed by atoms with E-state index in [1.807, 2.05) is 35.9 Å². The number of likely N-dealkylation sites (N-methyl/N-ethyl adjacent to an activating group) is 1. The van der Waals surface area contributed by atoms with Crippen LogP contribution in [0.3, 0.4) is 0 Å². The second kappa shape index (κ2) is 8.44. The normalized spacial score (nSPS) is 12.3. The molecule has 0 atom stereocenters. The predicted octanol–water partition coefficient (Wildman–Crippen LogP) is -1.18. The summed E-state index contributed by atoms with van der Waals surface area (Å²) in [7, 11) is -2.36. The van der Waals surface area contributed by atoms with Crippen LogP contribution in [0.25, 0.3) is 11.0 Å². The first-order valence-corrected chi connectivity index (χ1v) is 8.54. The zero-order valence-electron chi connectivity index (χ0n) is 13.5. The van der Waals surface area contributed by atoms with Gasteiger partial charge in [0.15, 0.2) is 0 Å². The topological polar surface area (TPSA) is 114 Å². The van der Waals surface area contributed by atoms with Crippen LogP contribution in [0.15, 0.2) is 29.1 Å². The van der Waals surface area contributed by atoms with Gasteiger partial charge in [-0.15, -0.1) is 0 Å². The van der Waals surface area contributed by atoms with E-state index in [4.69, 9.17) is 18.6 Å². The Hall–Kier alpha value is -1.42. The summed E-state index contributed by atoms with van der Waals surface area (Å²) < 4.78 is 33.8. The molecule has 132 valence electrons. The molecule has 2 aromatic rings. The summed E-state index contributed by atoms with van der Waals surface area (Å²) in [6.45, 7) is 8.01. The third-order valence-electron chi connectivity index (χ3n) is 3.59. The Kier molecular flexibility index (Phi) is 7.20. The fourth-order valence-corrected chi connectivity index (χ4v) is 2.36. The fourth-order valence-electron chi connectivity index (χ4n) is 2.36. The molecule has 1 aromatic carbocycles. The van der Waals surface area contributed by atoms with Crippen LogP contribution in [0.5, 0.6) is 0 Å². The molecule has 0 saturated heterocycles. The van der Waals surface area contributed by atoms with E-state index in [-0.39, 0.29) is 5.69 Å². The van der Waals surface area contributed by atoms with Crippen LogP contribution in [-0.2, 0) is 13.6 Å². The maximum absolute atomic E-state index is 12.2. The third kappa shape index (κ3) is 5.94. The number of rotatable bonds is 5. The van der Waals surface area contributed by atoms with E-state index in [1.165, 1.54) is 0 Å². The van der Waals surface area contributed by atoms with E-state index in [1.54, 1.807) is 4.57 Å². The number of hydrogen-bond acceptors (Lipinski definition) is 6. The molecule has 1 aromatic heterocycles. The molecule has 0 aliphatic heterocycles. The number of halogens is 1. The van der Waals surface area contributed by atoms with Gasteiger partial charge in [0.25, 0.3) is 0 Å². The second-order valence-corrected chi connectivity index (χ2v) is 5.81. The Bertz CT molecular complexity index is 667. The predicted molar refractivity (Wildman–Crippen MR) is 81.6 cm³/mol. The van der Waals surface area contributed by atoms with E-state index in [9.17, 15) is 4.79 Å². The summed E-state index contributed by atoms with van der Waals surface area (Å²) >= 11 is 0. The van der Waals surface area contributed by atoms with Crippen LogP contribution < -0.4 is 10.3 Å². The van der Waals surface area contributed by atoms with Crippen molar-refractivity contribution in [2.45, 2.75) is 20.4 Å². The summed E-state index contributed by atoms with van der Waals surface area (Å²) in [6.07, 6.45) is 0. The molecule has 1 heterocycles. The van der Waals surface area contributed by atoms with Gasteiger partial charge in [-0.3, -0.25) is 9.13 Å². The van der Waals surface area contributed by atoms with Gasteiger partial charge in [0.1, 0.15) is 0 Å². The monoisotopic (exact) mass is 349 g/mol. The van der Waals surface area contributed by atoms with Crippen molar-refractivity contribution in [3.8, 4) is 0 Å². The van der Waals surface area contributed by atoms with Crippen LogP contribution >= 0.6 is 0 Å². The van der Waals surface area contributed by atoms with Crippen molar-refractivity contribution >= 4 is 11.0 Å². The number of imidazole rings is 1. The Morgan fingerprint density at radius 3 is 2.09 bits per heavy atom. The number of hydrogen-bond donors (Lipinski definition) is 3. The van der Waals surface area contributed by atoms with Crippen LogP contribution in [-0.4, -0.2) is 47.6 Å². The van der Waals surface area contributed by atoms with Gasteiger partial charge in [0, 0.05) is 20.1 Å². The minimum atomic E-state index is -4.19. The van der Waals surface area contributed by atoms with Crippen LogP contribution in [0.1, 0.15) is 13.8 Å². The third-order valence-corrected chi connectivity index (χ3v) is 3.59. The van der Waals surface area contributed by atoms with Gasteiger partial charge in [-0.1, -0.05) is 26.0 Å². The van der Waals surface area contributed by atoms with Crippen LogP contribution in [0.2, 0.25) is 0 Å². The van der Waals surface area contributed by atoms with Gasteiger partial charge in [0.05, 0.1) is 11.0 Å². The molecule has 3 N–H and O–H groups in total. The summed E-state index contributed by atoms with van der Waals surface area (Å²) in [5, 5.41) is 0.